The second-order valence-corrected chi connectivity index (χ2v) is 6.18. The molecule has 102 valence electrons. The van der Waals surface area contributed by atoms with E-state index in [9.17, 15) is 4.79 Å². The number of nitrogens with one attached hydrogen (secondary N) is 1. The van der Waals surface area contributed by atoms with Crippen LogP contribution >= 0.6 is 23.1 Å². The Balaban J connectivity index is 2.12. The average molecular weight is 288 g/mol. The van der Waals surface area contributed by atoms with E-state index >= 15 is 0 Å². The van der Waals surface area contributed by atoms with Crippen LogP contribution in [0, 0.1) is 6.92 Å². The Morgan fingerprint density at radius 1 is 1.67 bits per heavy atom. The SMILES string of the molecule is CC[C@H](CO)NC(=O)CCSCc1csc(C)n1. The zero-order valence-corrected chi connectivity index (χ0v) is 12.4. The number of thiazole rings is 1. The summed E-state index contributed by atoms with van der Waals surface area (Å²) in [5.41, 5.74) is 1.09. The van der Waals surface area contributed by atoms with E-state index in [1.807, 2.05) is 13.8 Å². The summed E-state index contributed by atoms with van der Waals surface area (Å²) in [4.78, 5) is 15.9. The molecule has 2 N–H and O–H groups in total. The number of nitrogens with zero attached hydrogens (tertiary/aromatic N) is 1. The Kier molecular flexibility index (Phi) is 7.31. The maximum atomic E-state index is 11.5. The highest BCUT2D eigenvalue weighted by molar-refractivity contribution is 7.98. The zero-order valence-electron chi connectivity index (χ0n) is 10.8. The molecule has 0 fully saturated rings. The Bertz CT molecular complexity index is 365. The molecule has 4 nitrogen and oxygen atoms in total. The van der Waals surface area contributed by atoms with E-state index in [0.29, 0.717) is 6.42 Å². The largest absolute Gasteiger partial charge is 0.394 e. The molecule has 0 aliphatic heterocycles. The van der Waals surface area contributed by atoms with Gasteiger partial charge in [0, 0.05) is 23.3 Å². The monoisotopic (exact) mass is 288 g/mol. The zero-order chi connectivity index (χ0) is 13.4. The van der Waals surface area contributed by atoms with Crippen molar-refractivity contribution in [2.45, 2.75) is 38.5 Å². The first-order valence-corrected chi connectivity index (χ1v) is 8.08. The van der Waals surface area contributed by atoms with E-state index in [4.69, 9.17) is 5.11 Å². The smallest absolute Gasteiger partial charge is 0.221 e. The van der Waals surface area contributed by atoms with Crippen LogP contribution in [0.3, 0.4) is 0 Å². The van der Waals surface area contributed by atoms with Gasteiger partial charge in [-0.25, -0.2) is 4.98 Å². The molecule has 1 rings (SSSR count). The van der Waals surface area contributed by atoms with Gasteiger partial charge in [0.05, 0.1) is 23.4 Å². The van der Waals surface area contributed by atoms with Crippen molar-refractivity contribution in [2.24, 2.45) is 0 Å². The molecule has 1 amide bonds. The van der Waals surface area contributed by atoms with Crippen molar-refractivity contribution >= 4 is 29.0 Å². The lowest BCUT2D eigenvalue weighted by molar-refractivity contribution is -0.121. The maximum Gasteiger partial charge on any atom is 0.221 e. The number of aryl methyl sites for hydroxylation is 1. The van der Waals surface area contributed by atoms with Crippen LogP contribution in [0.1, 0.15) is 30.5 Å². The van der Waals surface area contributed by atoms with Gasteiger partial charge in [0.1, 0.15) is 0 Å². The minimum atomic E-state index is -0.108. The van der Waals surface area contributed by atoms with Crippen LogP contribution in [0.5, 0.6) is 0 Å². The number of carbonyl (C=O) groups excluding carboxylic acids is 1. The molecule has 0 unspecified atom stereocenters. The normalized spacial score (nSPS) is 12.4. The van der Waals surface area contributed by atoms with Gasteiger partial charge in [0.15, 0.2) is 0 Å². The fourth-order valence-corrected chi connectivity index (χ4v) is 2.94. The number of rotatable bonds is 8. The second-order valence-electron chi connectivity index (χ2n) is 4.02. The third-order valence-electron chi connectivity index (χ3n) is 2.47. The molecular weight excluding hydrogens is 268 g/mol. The van der Waals surface area contributed by atoms with Crippen LogP contribution in [0.4, 0.5) is 0 Å². The van der Waals surface area contributed by atoms with E-state index in [1.165, 1.54) is 0 Å². The first-order valence-electron chi connectivity index (χ1n) is 6.04. The number of aromatic nitrogens is 1. The summed E-state index contributed by atoms with van der Waals surface area (Å²) < 4.78 is 0. The van der Waals surface area contributed by atoms with Gasteiger partial charge in [0.2, 0.25) is 5.91 Å². The lowest BCUT2D eigenvalue weighted by Gasteiger charge is -2.13. The summed E-state index contributed by atoms with van der Waals surface area (Å²) >= 11 is 3.36. The van der Waals surface area contributed by atoms with Crippen molar-refractivity contribution in [1.29, 1.82) is 0 Å². The van der Waals surface area contributed by atoms with Crippen molar-refractivity contribution < 1.29 is 9.90 Å². The van der Waals surface area contributed by atoms with Gasteiger partial charge in [0.25, 0.3) is 0 Å². The van der Waals surface area contributed by atoms with E-state index in [2.05, 4.69) is 15.7 Å². The first kappa shape index (κ1) is 15.5. The molecule has 0 aliphatic carbocycles. The van der Waals surface area contributed by atoms with Crippen molar-refractivity contribution in [3.8, 4) is 0 Å². The molecule has 0 spiro atoms. The van der Waals surface area contributed by atoms with Crippen LogP contribution in [-0.4, -0.2) is 34.4 Å². The molecule has 0 radical (unpaired) electrons. The summed E-state index contributed by atoms with van der Waals surface area (Å²) in [6.07, 6.45) is 1.25. The number of aliphatic hydroxyl groups excluding tert-OH is 1. The van der Waals surface area contributed by atoms with Crippen LogP contribution in [0.2, 0.25) is 0 Å². The minimum Gasteiger partial charge on any atom is -0.394 e. The van der Waals surface area contributed by atoms with E-state index in [1.54, 1.807) is 23.1 Å². The van der Waals surface area contributed by atoms with E-state index in [-0.39, 0.29) is 18.6 Å². The second kappa shape index (κ2) is 8.50. The number of thioether (sulfide) groups is 1. The molecule has 1 atom stereocenters. The molecule has 0 aromatic carbocycles. The van der Waals surface area contributed by atoms with Crippen molar-refractivity contribution in [1.82, 2.24) is 10.3 Å². The lowest BCUT2D eigenvalue weighted by atomic mass is 10.2. The number of hydrogen-bond donors (Lipinski definition) is 2. The average Bonchev–Trinajstić information content (AvgIpc) is 2.77. The van der Waals surface area contributed by atoms with Gasteiger partial charge in [-0.15, -0.1) is 11.3 Å². The first-order chi connectivity index (χ1) is 8.65. The third-order valence-corrected chi connectivity index (χ3v) is 4.28. The van der Waals surface area contributed by atoms with Crippen LogP contribution < -0.4 is 5.32 Å². The molecule has 18 heavy (non-hydrogen) atoms. The topological polar surface area (TPSA) is 62.2 Å². The van der Waals surface area contributed by atoms with Gasteiger partial charge in [-0.1, -0.05) is 6.92 Å². The summed E-state index contributed by atoms with van der Waals surface area (Å²) in [6, 6.07) is -0.108. The Labute approximate surface area is 116 Å². The highest BCUT2D eigenvalue weighted by atomic mass is 32.2. The molecule has 1 aromatic rings. The fourth-order valence-electron chi connectivity index (χ4n) is 1.39. The fraction of sp³-hybridized carbons (Fsp3) is 0.667. The summed E-state index contributed by atoms with van der Waals surface area (Å²) in [7, 11) is 0. The highest BCUT2D eigenvalue weighted by Gasteiger charge is 2.08. The van der Waals surface area contributed by atoms with Gasteiger partial charge in [-0.2, -0.15) is 11.8 Å². The Hall–Kier alpha value is -0.590. The molecule has 0 aliphatic rings. The summed E-state index contributed by atoms with van der Waals surface area (Å²) in [6.45, 7) is 3.94. The number of amides is 1. The van der Waals surface area contributed by atoms with Crippen LogP contribution in [-0.2, 0) is 10.5 Å². The Morgan fingerprint density at radius 2 is 2.44 bits per heavy atom. The standard InChI is InChI=1S/C12H20N2O2S2/c1-3-10(6-15)14-12(16)4-5-17-7-11-8-18-9(2)13-11/h8,10,15H,3-7H2,1-2H3,(H,14,16)/t10-/m1/s1. The van der Waals surface area contributed by atoms with Gasteiger partial charge >= 0.3 is 0 Å². The quantitative estimate of drug-likeness (QED) is 0.718. The summed E-state index contributed by atoms with van der Waals surface area (Å²) in [5, 5.41) is 14.9. The number of carbonyl (C=O) groups is 1. The predicted molar refractivity (Wildman–Crippen MR) is 76.9 cm³/mol. The van der Waals surface area contributed by atoms with E-state index in [0.717, 1.165) is 28.6 Å². The van der Waals surface area contributed by atoms with E-state index < -0.39 is 0 Å². The third kappa shape index (κ3) is 5.84. The van der Waals surface area contributed by atoms with Crippen molar-refractivity contribution in [3.63, 3.8) is 0 Å². The van der Waals surface area contributed by atoms with Gasteiger partial charge in [-0.3, -0.25) is 4.79 Å². The summed E-state index contributed by atoms with van der Waals surface area (Å²) in [5.74, 6) is 1.65. The minimum absolute atomic E-state index is 0.00742. The number of aliphatic hydroxyl groups is 1. The molecule has 6 heteroatoms. The lowest BCUT2D eigenvalue weighted by Crippen LogP contribution is -2.37. The number of hydrogen-bond acceptors (Lipinski definition) is 5. The molecule has 0 bridgehead atoms. The van der Waals surface area contributed by atoms with Gasteiger partial charge in [-0.05, 0) is 13.3 Å². The Morgan fingerprint density at radius 3 is 3.00 bits per heavy atom. The molecule has 0 saturated heterocycles. The molecule has 1 heterocycles. The highest BCUT2D eigenvalue weighted by Crippen LogP contribution is 2.15. The van der Waals surface area contributed by atoms with Crippen LogP contribution in [0.15, 0.2) is 5.38 Å². The molecular formula is C12H20N2O2S2. The van der Waals surface area contributed by atoms with Crippen molar-refractivity contribution in [2.75, 3.05) is 12.4 Å². The van der Waals surface area contributed by atoms with Crippen LogP contribution in [0.25, 0.3) is 0 Å². The van der Waals surface area contributed by atoms with Gasteiger partial charge < -0.3 is 10.4 Å². The van der Waals surface area contributed by atoms with Crippen molar-refractivity contribution in [3.05, 3.63) is 16.1 Å². The molecule has 0 saturated carbocycles. The predicted octanol–water partition coefficient (Wildman–Crippen LogP) is 1.96. The maximum absolute atomic E-state index is 11.5. The molecule has 1 aromatic heterocycles.